The fourth-order valence-electron chi connectivity index (χ4n) is 3.17. The van der Waals surface area contributed by atoms with Crippen molar-refractivity contribution in [2.45, 2.75) is 31.9 Å². The van der Waals surface area contributed by atoms with Crippen molar-refractivity contribution in [3.05, 3.63) is 30.5 Å². The van der Waals surface area contributed by atoms with E-state index in [0.717, 1.165) is 50.0 Å². The molecule has 136 valence electrons. The predicted molar refractivity (Wildman–Crippen MR) is 101 cm³/mol. The van der Waals surface area contributed by atoms with Crippen molar-refractivity contribution >= 4 is 22.6 Å². The zero-order valence-electron chi connectivity index (χ0n) is 15.1. The number of ether oxygens (including phenoxy) is 1. The lowest BCUT2D eigenvalue weighted by Crippen LogP contribution is -2.31. The molecule has 2 amide bonds. The van der Waals surface area contributed by atoms with Gasteiger partial charge in [-0.3, -0.25) is 0 Å². The molecule has 0 aliphatic carbocycles. The number of amides is 2. The normalized spacial score (nSPS) is 17.3. The van der Waals surface area contributed by atoms with E-state index in [1.807, 2.05) is 12.1 Å². The number of urea groups is 1. The lowest BCUT2D eigenvalue weighted by atomic mass is 10.2. The van der Waals surface area contributed by atoms with Crippen molar-refractivity contribution < 1.29 is 9.53 Å². The summed E-state index contributed by atoms with van der Waals surface area (Å²) in [4.78, 5) is 14.2. The van der Waals surface area contributed by atoms with Gasteiger partial charge in [-0.2, -0.15) is 0 Å². The van der Waals surface area contributed by atoms with Gasteiger partial charge in [0, 0.05) is 49.0 Å². The van der Waals surface area contributed by atoms with Gasteiger partial charge in [0.25, 0.3) is 0 Å². The van der Waals surface area contributed by atoms with Crippen molar-refractivity contribution in [1.29, 1.82) is 0 Å². The molecule has 6 heteroatoms. The van der Waals surface area contributed by atoms with E-state index in [1.165, 1.54) is 5.52 Å². The van der Waals surface area contributed by atoms with Gasteiger partial charge in [0.2, 0.25) is 0 Å². The number of carbonyl (C=O) groups excluding carboxylic acids is 1. The smallest absolute Gasteiger partial charge is 0.319 e. The third-order valence-corrected chi connectivity index (χ3v) is 4.59. The highest BCUT2D eigenvalue weighted by Crippen LogP contribution is 2.20. The van der Waals surface area contributed by atoms with Crippen LogP contribution in [0.25, 0.3) is 10.9 Å². The van der Waals surface area contributed by atoms with Crippen LogP contribution in [0.1, 0.15) is 19.3 Å². The van der Waals surface area contributed by atoms with Gasteiger partial charge >= 0.3 is 6.03 Å². The van der Waals surface area contributed by atoms with Crippen molar-refractivity contribution in [1.82, 2.24) is 14.8 Å². The fourth-order valence-corrected chi connectivity index (χ4v) is 3.17. The quantitative estimate of drug-likeness (QED) is 0.812. The van der Waals surface area contributed by atoms with Crippen LogP contribution < -0.4 is 10.6 Å². The molecule has 2 aromatic rings. The molecule has 0 saturated carbocycles. The average molecular weight is 344 g/mol. The van der Waals surface area contributed by atoms with Gasteiger partial charge < -0.3 is 24.8 Å². The van der Waals surface area contributed by atoms with E-state index in [4.69, 9.17) is 4.74 Å². The zero-order valence-corrected chi connectivity index (χ0v) is 15.1. The first-order valence-electron chi connectivity index (χ1n) is 9.02. The second kappa shape index (κ2) is 8.36. The topological polar surface area (TPSA) is 58.5 Å². The molecule has 1 aromatic carbocycles. The lowest BCUT2D eigenvalue weighted by molar-refractivity contribution is 0.105. The molecule has 0 radical (unpaired) electrons. The Morgan fingerprint density at radius 2 is 2.24 bits per heavy atom. The number of anilines is 1. The number of likely N-dealkylation sites (N-methyl/N-ethyl adjacent to an activating group) is 1. The van der Waals surface area contributed by atoms with Crippen LogP contribution in [0.4, 0.5) is 10.5 Å². The number of benzene rings is 1. The van der Waals surface area contributed by atoms with E-state index >= 15 is 0 Å². The van der Waals surface area contributed by atoms with Crippen LogP contribution in [0.3, 0.4) is 0 Å². The zero-order chi connectivity index (χ0) is 17.6. The van der Waals surface area contributed by atoms with E-state index < -0.39 is 0 Å². The third-order valence-electron chi connectivity index (χ3n) is 4.59. The fraction of sp³-hybridized carbons (Fsp3) is 0.526. The molecule has 2 heterocycles. The molecule has 6 nitrogen and oxygen atoms in total. The van der Waals surface area contributed by atoms with Crippen LogP contribution in [0, 0.1) is 0 Å². The first-order valence-corrected chi connectivity index (χ1v) is 9.02. The lowest BCUT2D eigenvalue weighted by Gasteiger charge is -2.12. The minimum absolute atomic E-state index is 0.163. The molecule has 1 saturated heterocycles. The van der Waals surface area contributed by atoms with Crippen LogP contribution in [0.5, 0.6) is 0 Å². The summed E-state index contributed by atoms with van der Waals surface area (Å²) >= 11 is 0. The third kappa shape index (κ3) is 4.96. The standard InChI is InChI=1S/C19H28N4O2/c1-22(2)11-12-23-10-8-15-14-16(5-6-18(15)23)21-19(24)20-9-7-17-4-3-13-25-17/h5-6,8,10,14,17H,3-4,7,9,11-13H2,1-2H3,(H2,20,21,24). The van der Waals surface area contributed by atoms with Gasteiger partial charge in [-0.1, -0.05) is 0 Å². The van der Waals surface area contributed by atoms with Gasteiger partial charge in [-0.25, -0.2) is 4.79 Å². The average Bonchev–Trinajstić information content (AvgIpc) is 3.22. The number of rotatable bonds is 7. The van der Waals surface area contributed by atoms with Crippen LogP contribution in [0.15, 0.2) is 30.5 Å². The Hall–Kier alpha value is -2.05. The Kier molecular flexibility index (Phi) is 5.94. The van der Waals surface area contributed by atoms with Gasteiger partial charge in [0.05, 0.1) is 6.10 Å². The van der Waals surface area contributed by atoms with Crippen LogP contribution in [-0.2, 0) is 11.3 Å². The number of nitrogens with zero attached hydrogens (tertiary/aromatic N) is 2. The number of fused-ring (bicyclic) bond motifs is 1. The largest absolute Gasteiger partial charge is 0.378 e. The highest BCUT2D eigenvalue weighted by atomic mass is 16.5. The molecule has 1 atom stereocenters. The second-order valence-corrected chi connectivity index (χ2v) is 6.89. The highest BCUT2D eigenvalue weighted by Gasteiger charge is 2.15. The van der Waals surface area contributed by atoms with Crippen molar-refractivity contribution in [3.63, 3.8) is 0 Å². The van der Waals surface area contributed by atoms with E-state index in [0.29, 0.717) is 12.6 Å². The summed E-state index contributed by atoms with van der Waals surface area (Å²) in [5.74, 6) is 0. The molecule has 3 rings (SSSR count). The van der Waals surface area contributed by atoms with E-state index in [2.05, 4.69) is 52.5 Å². The molecular weight excluding hydrogens is 316 g/mol. The van der Waals surface area contributed by atoms with Crippen molar-refractivity contribution in [3.8, 4) is 0 Å². The molecule has 1 aliphatic rings. The minimum Gasteiger partial charge on any atom is -0.378 e. The number of nitrogens with one attached hydrogen (secondary N) is 2. The second-order valence-electron chi connectivity index (χ2n) is 6.89. The maximum absolute atomic E-state index is 12.0. The molecular formula is C19H28N4O2. The molecule has 25 heavy (non-hydrogen) atoms. The first kappa shape index (κ1) is 17.8. The van der Waals surface area contributed by atoms with E-state index in [1.54, 1.807) is 0 Å². The van der Waals surface area contributed by atoms with Crippen molar-refractivity contribution in [2.75, 3.05) is 39.1 Å². The minimum atomic E-state index is -0.163. The van der Waals surface area contributed by atoms with Crippen LogP contribution in [0.2, 0.25) is 0 Å². The maximum atomic E-state index is 12.0. The molecule has 0 bridgehead atoms. The molecule has 1 aliphatic heterocycles. The number of hydrogen-bond acceptors (Lipinski definition) is 3. The van der Waals surface area contributed by atoms with Crippen molar-refractivity contribution in [2.24, 2.45) is 0 Å². The number of carbonyl (C=O) groups is 1. The Labute approximate surface area is 149 Å². The highest BCUT2D eigenvalue weighted by molar-refractivity contribution is 5.92. The molecule has 1 fully saturated rings. The summed E-state index contributed by atoms with van der Waals surface area (Å²) in [5.41, 5.74) is 2.00. The van der Waals surface area contributed by atoms with Crippen LogP contribution in [-0.4, -0.2) is 55.4 Å². The Morgan fingerprint density at radius 3 is 3.00 bits per heavy atom. The molecule has 1 aromatic heterocycles. The summed E-state index contributed by atoms with van der Waals surface area (Å²) in [6, 6.07) is 7.96. The number of aromatic nitrogens is 1. The van der Waals surface area contributed by atoms with Gasteiger partial charge in [0.1, 0.15) is 0 Å². The Morgan fingerprint density at radius 1 is 1.36 bits per heavy atom. The summed E-state index contributed by atoms with van der Waals surface area (Å²) in [6.07, 6.45) is 5.51. The molecule has 2 N–H and O–H groups in total. The SMILES string of the molecule is CN(C)CCn1ccc2cc(NC(=O)NCCC3CCCO3)ccc21. The van der Waals surface area contributed by atoms with Gasteiger partial charge in [-0.15, -0.1) is 0 Å². The Balaban J connectivity index is 1.51. The van der Waals surface area contributed by atoms with Crippen LogP contribution >= 0.6 is 0 Å². The Bertz CT molecular complexity index is 705. The van der Waals surface area contributed by atoms with E-state index in [9.17, 15) is 4.79 Å². The first-order chi connectivity index (χ1) is 12.1. The van der Waals surface area contributed by atoms with Gasteiger partial charge in [-0.05, 0) is 57.6 Å². The molecule has 1 unspecified atom stereocenters. The summed E-state index contributed by atoms with van der Waals surface area (Å²) in [7, 11) is 4.15. The summed E-state index contributed by atoms with van der Waals surface area (Å²) in [5, 5.41) is 6.95. The summed E-state index contributed by atoms with van der Waals surface area (Å²) in [6.45, 7) is 3.44. The van der Waals surface area contributed by atoms with E-state index in [-0.39, 0.29) is 6.03 Å². The predicted octanol–water partition coefficient (Wildman–Crippen LogP) is 2.89. The summed E-state index contributed by atoms with van der Waals surface area (Å²) < 4.78 is 7.80. The molecule has 0 spiro atoms. The maximum Gasteiger partial charge on any atom is 0.319 e. The van der Waals surface area contributed by atoms with Gasteiger partial charge in [0.15, 0.2) is 0 Å². The number of hydrogen-bond donors (Lipinski definition) is 2. The monoisotopic (exact) mass is 344 g/mol.